The van der Waals surface area contributed by atoms with Gasteiger partial charge in [0.15, 0.2) is 0 Å². The maximum atomic E-state index is 3.75. The topological polar surface area (TPSA) is 12.0 Å². The molecule has 1 N–H and O–H groups in total. The third kappa shape index (κ3) is 2.49. The van der Waals surface area contributed by atoms with Crippen LogP contribution in [0, 0.1) is 5.92 Å². The second-order valence-corrected chi connectivity index (χ2v) is 6.17. The third-order valence-corrected chi connectivity index (χ3v) is 4.75. The highest BCUT2D eigenvalue weighted by Crippen LogP contribution is 2.31. The number of rotatable bonds is 2. The molecule has 4 rings (SSSR count). The Morgan fingerprint density at radius 3 is 2.95 bits per heavy atom. The predicted octanol–water partition coefficient (Wildman–Crippen LogP) is 4.51. The molecule has 0 spiro atoms. The second kappa shape index (κ2) is 5.40. The molecular weight excluding hydrogens is 254 g/mol. The van der Waals surface area contributed by atoms with Gasteiger partial charge in [0.05, 0.1) is 0 Å². The van der Waals surface area contributed by atoms with Crippen molar-refractivity contribution in [2.45, 2.75) is 31.7 Å². The summed E-state index contributed by atoms with van der Waals surface area (Å²) in [7, 11) is 0. The van der Waals surface area contributed by atoms with E-state index >= 15 is 0 Å². The van der Waals surface area contributed by atoms with Gasteiger partial charge >= 0.3 is 0 Å². The third-order valence-electron chi connectivity index (χ3n) is 4.75. The first-order valence-corrected chi connectivity index (χ1v) is 7.99. The minimum atomic E-state index is 0.431. The molecule has 0 radical (unpaired) electrons. The molecule has 0 heterocycles. The highest BCUT2D eigenvalue weighted by molar-refractivity contribution is 5.46. The average Bonchev–Trinajstić information content (AvgIpc) is 2.55. The Hall–Kier alpha value is -2.02. The van der Waals surface area contributed by atoms with Gasteiger partial charge in [-0.3, -0.25) is 0 Å². The van der Waals surface area contributed by atoms with Crippen molar-refractivity contribution < 1.29 is 0 Å². The molecule has 106 valence electrons. The van der Waals surface area contributed by atoms with Crippen molar-refractivity contribution in [3.63, 3.8) is 0 Å². The van der Waals surface area contributed by atoms with Gasteiger partial charge in [-0.25, -0.2) is 0 Å². The fraction of sp³-hybridized carbons (Fsp3) is 0.300. The first-order chi connectivity index (χ1) is 10.4. The van der Waals surface area contributed by atoms with Crippen LogP contribution in [0.25, 0.3) is 0 Å². The van der Waals surface area contributed by atoms with E-state index < -0.39 is 0 Å². The van der Waals surface area contributed by atoms with Gasteiger partial charge in [-0.05, 0) is 42.9 Å². The molecule has 0 aromatic rings. The summed E-state index contributed by atoms with van der Waals surface area (Å²) in [5.41, 5.74) is 5.79. The minimum absolute atomic E-state index is 0.431. The van der Waals surface area contributed by atoms with Crippen LogP contribution >= 0.6 is 0 Å². The normalized spacial score (nSPS) is 29.7. The van der Waals surface area contributed by atoms with Crippen molar-refractivity contribution in [1.29, 1.82) is 0 Å². The van der Waals surface area contributed by atoms with Gasteiger partial charge in [-0.1, -0.05) is 60.3 Å². The first kappa shape index (κ1) is 12.7. The number of hydrogen-bond donors (Lipinski definition) is 1. The van der Waals surface area contributed by atoms with Gasteiger partial charge in [-0.2, -0.15) is 0 Å². The zero-order chi connectivity index (χ0) is 14.1. The number of fused-ring (bicyclic) bond motifs is 1. The van der Waals surface area contributed by atoms with E-state index in [-0.39, 0.29) is 0 Å². The zero-order valence-electron chi connectivity index (χ0n) is 12.3. The fourth-order valence-electron chi connectivity index (χ4n) is 3.62. The van der Waals surface area contributed by atoms with Crippen molar-refractivity contribution in [2.75, 3.05) is 0 Å². The van der Waals surface area contributed by atoms with E-state index in [0.717, 1.165) is 12.8 Å². The Labute approximate surface area is 126 Å². The summed E-state index contributed by atoms with van der Waals surface area (Å²) in [5, 5.41) is 3.75. The summed E-state index contributed by atoms with van der Waals surface area (Å²) < 4.78 is 0. The Morgan fingerprint density at radius 2 is 1.95 bits per heavy atom. The Morgan fingerprint density at radius 1 is 0.952 bits per heavy atom. The van der Waals surface area contributed by atoms with Crippen molar-refractivity contribution >= 4 is 0 Å². The van der Waals surface area contributed by atoms with E-state index in [1.54, 1.807) is 5.57 Å². The lowest BCUT2D eigenvalue weighted by atomic mass is 9.85. The van der Waals surface area contributed by atoms with E-state index in [0.29, 0.717) is 12.0 Å². The van der Waals surface area contributed by atoms with E-state index in [4.69, 9.17) is 0 Å². The van der Waals surface area contributed by atoms with Crippen molar-refractivity contribution in [2.24, 2.45) is 5.92 Å². The molecule has 1 heteroatoms. The summed E-state index contributed by atoms with van der Waals surface area (Å²) in [6.45, 7) is 0. The molecule has 4 aliphatic carbocycles. The second-order valence-electron chi connectivity index (χ2n) is 6.17. The lowest BCUT2D eigenvalue weighted by molar-refractivity contribution is 0.625. The summed E-state index contributed by atoms with van der Waals surface area (Å²) in [6, 6.07) is 0.431. The Kier molecular flexibility index (Phi) is 3.27. The van der Waals surface area contributed by atoms with Crippen LogP contribution in [0.5, 0.6) is 0 Å². The highest BCUT2D eigenvalue weighted by Gasteiger charge is 2.21. The molecule has 0 aromatic carbocycles. The molecule has 1 nitrogen and oxygen atoms in total. The van der Waals surface area contributed by atoms with Crippen molar-refractivity contribution in [1.82, 2.24) is 5.32 Å². The Bertz CT molecular complexity index is 649. The van der Waals surface area contributed by atoms with Gasteiger partial charge in [-0.15, -0.1) is 0 Å². The quantitative estimate of drug-likeness (QED) is 0.782. The molecule has 4 aliphatic rings. The Balaban J connectivity index is 1.53. The van der Waals surface area contributed by atoms with E-state index in [1.165, 1.54) is 29.7 Å². The van der Waals surface area contributed by atoms with Crippen molar-refractivity contribution in [3.8, 4) is 0 Å². The minimum Gasteiger partial charge on any atom is -0.378 e. The summed E-state index contributed by atoms with van der Waals surface area (Å²) in [5.74, 6) is 0.558. The number of allylic oxidation sites excluding steroid dienone is 11. The lowest BCUT2D eigenvalue weighted by Gasteiger charge is -2.29. The first-order valence-electron chi connectivity index (χ1n) is 7.99. The van der Waals surface area contributed by atoms with Gasteiger partial charge in [0.1, 0.15) is 0 Å². The van der Waals surface area contributed by atoms with Crippen LogP contribution in [0.2, 0.25) is 0 Å². The molecule has 2 atom stereocenters. The maximum absolute atomic E-state index is 3.75. The van der Waals surface area contributed by atoms with Gasteiger partial charge in [0, 0.05) is 17.7 Å². The van der Waals surface area contributed by atoms with Gasteiger partial charge < -0.3 is 5.32 Å². The predicted molar refractivity (Wildman–Crippen MR) is 88.6 cm³/mol. The number of nitrogens with one attached hydrogen (secondary N) is 1. The molecular formula is C20H21N. The van der Waals surface area contributed by atoms with Crippen LogP contribution in [0.15, 0.2) is 83.2 Å². The van der Waals surface area contributed by atoms with Crippen LogP contribution in [0.1, 0.15) is 25.7 Å². The van der Waals surface area contributed by atoms with Crippen LogP contribution in [-0.2, 0) is 0 Å². The molecule has 0 aliphatic heterocycles. The van der Waals surface area contributed by atoms with Crippen LogP contribution in [0.3, 0.4) is 0 Å². The molecule has 0 aromatic heterocycles. The molecule has 2 unspecified atom stereocenters. The van der Waals surface area contributed by atoms with Crippen LogP contribution in [-0.4, -0.2) is 6.04 Å². The lowest BCUT2D eigenvalue weighted by Crippen LogP contribution is -2.30. The standard InChI is InChI=1S/C20H21N/c1-2-8-17-14-18(13-12-15(17)6-1)21-20-11-5-9-16-7-3-4-10-19(16)20/h1,3-7,10-13,16,18,21H,2,8-9,14H2. The van der Waals surface area contributed by atoms with Gasteiger partial charge in [0.2, 0.25) is 0 Å². The molecule has 0 amide bonds. The van der Waals surface area contributed by atoms with Crippen LogP contribution in [0.4, 0.5) is 0 Å². The van der Waals surface area contributed by atoms with E-state index in [2.05, 4.69) is 66.1 Å². The molecule has 0 saturated heterocycles. The highest BCUT2D eigenvalue weighted by atomic mass is 14.9. The molecule has 0 bridgehead atoms. The zero-order valence-corrected chi connectivity index (χ0v) is 12.3. The number of hydrogen-bond acceptors (Lipinski definition) is 1. The van der Waals surface area contributed by atoms with Crippen molar-refractivity contribution in [3.05, 3.63) is 83.2 Å². The summed E-state index contributed by atoms with van der Waals surface area (Å²) in [4.78, 5) is 0. The molecule has 21 heavy (non-hydrogen) atoms. The van der Waals surface area contributed by atoms with Crippen LogP contribution < -0.4 is 5.32 Å². The largest absolute Gasteiger partial charge is 0.378 e. The molecule has 0 fully saturated rings. The summed E-state index contributed by atoms with van der Waals surface area (Å²) >= 11 is 0. The van der Waals surface area contributed by atoms with E-state index in [9.17, 15) is 0 Å². The van der Waals surface area contributed by atoms with E-state index in [1.807, 2.05) is 0 Å². The maximum Gasteiger partial charge on any atom is 0.0485 e. The fourth-order valence-corrected chi connectivity index (χ4v) is 3.62. The average molecular weight is 275 g/mol. The smallest absolute Gasteiger partial charge is 0.0485 e. The monoisotopic (exact) mass is 275 g/mol. The summed E-state index contributed by atoms with van der Waals surface area (Å²) in [6.07, 6.45) is 27.3. The SMILES string of the molecule is C1=CC2=C(NC3C=CC4=C(CCC=C4)C3)C=CCC2C=C1. The molecule has 0 saturated carbocycles. The van der Waals surface area contributed by atoms with Gasteiger partial charge in [0.25, 0.3) is 0 Å².